The van der Waals surface area contributed by atoms with E-state index in [1.54, 1.807) is 12.1 Å². The highest BCUT2D eigenvalue weighted by atomic mass is 19.4. The lowest BCUT2D eigenvalue weighted by Gasteiger charge is -2.16. The molecule has 0 atom stereocenters. The summed E-state index contributed by atoms with van der Waals surface area (Å²) in [5, 5.41) is 0. The zero-order chi connectivity index (χ0) is 16.4. The second-order valence-electron chi connectivity index (χ2n) is 5.20. The molecule has 3 rings (SSSR count). The van der Waals surface area contributed by atoms with Crippen LogP contribution >= 0.6 is 0 Å². The van der Waals surface area contributed by atoms with Crippen LogP contribution in [0.5, 0.6) is 5.75 Å². The molecular weight excluding hydrogens is 309 g/mol. The van der Waals surface area contributed by atoms with E-state index >= 15 is 0 Å². The molecule has 0 aromatic heterocycles. The summed E-state index contributed by atoms with van der Waals surface area (Å²) >= 11 is 0. The molecule has 2 aromatic rings. The number of esters is 1. The fourth-order valence-corrected chi connectivity index (χ4v) is 2.37. The van der Waals surface area contributed by atoms with E-state index in [2.05, 4.69) is 0 Å². The molecule has 0 unspecified atom stereocenters. The highest BCUT2D eigenvalue weighted by Crippen LogP contribution is 2.30. The molecule has 0 amide bonds. The van der Waals surface area contributed by atoms with Gasteiger partial charge in [0.05, 0.1) is 24.3 Å². The van der Waals surface area contributed by atoms with Crippen molar-refractivity contribution in [1.29, 1.82) is 0 Å². The summed E-state index contributed by atoms with van der Waals surface area (Å²) in [5.41, 5.74) is 1.61. The molecule has 0 aliphatic carbocycles. The fraction of sp³-hybridized carbons (Fsp3) is 0.235. The van der Waals surface area contributed by atoms with Gasteiger partial charge in [0.25, 0.3) is 0 Å². The Hall–Kier alpha value is -2.34. The van der Waals surface area contributed by atoms with Crippen LogP contribution in [0.2, 0.25) is 0 Å². The predicted molar refractivity (Wildman–Crippen MR) is 76.2 cm³/mol. The van der Waals surface area contributed by atoms with Crippen LogP contribution < -0.4 is 4.74 Å². The van der Waals surface area contributed by atoms with Gasteiger partial charge in [-0.2, -0.15) is 13.2 Å². The van der Waals surface area contributed by atoms with E-state index in [0.29, 0.717) is 18.8 Å². The van der Waals surface area contributed by atoms with Crippen molar-refractivity contribution in [1.82, 2.24) is 0 Å². The highest BCUT2D eigenvalue weighted by Gasteiger charge is 2.30. The molecule has 0 N–H and O–H groups in total. The Labute approximate surface area is 130 Å². The predicted octanol–water partition coefficient (Wildman–Crippen LogP) is 4.00. The maximum atomic E-state index is 12.5. The molecule has 0 radical (unpaired) electrons. The third-order valence-corrected chi connectivity index (χ3v) is 3.61. The number of ether oxygens (including phenoxy) is 2. The van der Waals surface area contributed by atoms with Crippen molar-refractivity contribution in [2.45, 2.75) is 19.2 Å². The minimum absolute atomic E-state index is 0.0666. The molecule has 0 saturated heterocycles. The van der Waals surface area contributed by atoms with Gasteiger partial charge in [-0.15, -0.1) is 0 Å². The topological polar surface area (TPSA) is 35.5 Å². The molecule has 2 aromatic carbocycles. The molecule has 0 saturated carbocycles. The van der Waals surface area contributed by atoms with Gasteiger partial charge >= 0.3 is 12.1 Å². The minimum atomic E-state index is -4.42. The molecule has 3 nitrogen and oxygen atoms in total. The monoisotopic (exact) mass is 322 g/mol. The molecule has 1 aliphatic heterocycles. The molecule has 23 heavy (non-hydrogen) atoms. The quantitative estimate of drug-likeness (QED) is 0.619. The van der Waals surface area contributed by atoms with Crippen LogP contribution in [0.3, 0.4) is 0 Å². The first kappa shape index (κ1) is 15.6. The van der Waals surface area contributed by atoms with E-state index < -0.39 is 17.7 Å². The normalized spacial score (nSPS) is 14.2. The lowest BCUT2D eigenvalue weighted by Crippen LogP contribution is -2.13. The van der Waals surface area contributed by atoms with Gasteiger partial charge in [0.2, 0.25) is 0 Å². The van der Waals surface area contributed by atoms with Gasteiger partial charge in [0.1, 0.15) is 5.75 Å². The third kappa shape index (κ3) is 3.53. The average Bonchev–Trinajstić information content (AvgIpc) is 2.54. The molecule has 0 spiro atoms. The largest absolute Gasteiger partial charge is 0.423 e. The number of halogens is 3. The second-order valence-corrected chi connectivity index (χ2v) is 5.20. The van der Waals surface area contributed by atoms with Crippen molar-refractivity contribution in [2.24, 2.45) is 0 Å². The SMILES string of the molecule is O=C(Oc1ccc(C(F)(F)F)cc1)c1ccc2c(c1)COCC2. The number of hydrogen-bond acceptors (Lipinski definition) is 3. The number of benzene rings is 2. The van der Waals surface area contributed by atoms with Crippen LogP contribution in [0.15, 0.2) is 42.5 Å². The fourth-order valence-electron chi connectivity index (χ4n) is 2.37. The van der Waals surface area contributed by atoms with Crippen LogP contribution in [-0.2, 0) is 23.9 Å². The Balaban J connectivity index is 1.74. The summed E-state index contributed by atoms with van der Waals surface area (Å²) < 4.78 is 47.9. The zero-order valence-corrected chi connectivity index (χ0v) is 12.0. The Kier molecular flexibility index (Phi) is 4.09. The molecule has 0 fully saturated rings. The summed E-state index contributed by atoms with van der Waals surface area (Å²) in [6.45, 7) is 1.10. The summed E-state index contributed by atoms with van der Waals surface area (Å²) in [4.78, 5) is 12.1. The van der Waals surface area contributed by atoms with Gasteiger partial charge in [0, 0.05) is 0 Å². The van der Waals surface area contributed by atoms with Gasteiger partial charge in [-0.25, -0.2) is 4.79 Å². The molecule has 6 heteroatoms. The smallest absolute Gasteiger partial charge is 0.416 e. The first-order valence-corrected chi connectivity index (χ1v) is 7.02. The summed E-state index contributed by atoms with van der Waals surface area (Å²) in [6.07, 6.45) is -3.62. The highest BCUT2D eigenvalue weighted by molar-refractivity contribution is 5.91. The Bertz CT molecular complexity index is 721. The molecule has 1 aliphatic rings. The van der Waals surface area contributed by atoms with E-state index in [0.717, 1.165) is 41.8 Å². The number of carbonyl (C=O) groups excluding carboxylic acids is 1. The standard InChI is InChI=1S/C17H13F3O3/c18-17(19,20)14-3-5-15(6-4-14)23-16(21)12-2-1-11-7-8-22-10-13(11)9-12/h1-6,9H,7-8,10H2. The van der Waals surface area contributed by atoms with Gasteiger partial charge < -0.3 is 9.47 Å². The first-order valence-electron chi connectivity index (χ1n) is 7.02. The average molecular weight is 322 g/mol. The van der Waals surface area contributed by atoms with E-state index in [4.69, 9.17) is 9.47 Å². The Morgan fingerprint density at radius 3 is 2.48 bits per heavy atom. The summed E-state index contributed by atoms with van der Waals surface area (Å²) in [5.74, 6) is -0.546. The van der Waals surface area contributed by atoms with Crippen LogP contribution in [0.1, 0.15) is 27.0 Å². The van der Waals surface area contributed by atoms with Crippen molar-refractivity contribution in [3.05, 3.63) is 64.7 Å². The number of alkyl halides is 3. The molecule has 120 valence electrons. The van der Waals surface area contributed by atoms with Crippen molar-refractivity contribution in [3.63, 3.8) is 0 Å². The van der Waals surface area contributed by atoms with Crippen LogP contribution in [-0.4, -0.2) is 12.6 Å². The van der Waals surface area contributed by atoms with E-state index in [9.17, 15) is 18.0 Å². The van der Waals surface area contributed by atoms with Crippen molar-refractivity contribution in [2.75, 3.05) is 6.61 Å². The van der Waals surface area contributed by atoms with Crippen LogP contribution in [0.4, 0.5) is 13.2 Å². The lowest BCUT2D eigenvalue weighted by molar-refractivity contribution is -0.137. The Morgan fingerprint density at radius 2 is 1.78 bits per heavy atom. The number of carbonyl (C=O) groups is 1. The maximum absolute atomic E-state index is 12.5. The van der Waals surface area contributed by atoms with Crippen molar-refractivity contribution >= 4 is 5.97 Å². The van der Waals surface area contributed by atoms with Gasteiger partial charge in [-0.3, -0.25) is 0 Å². The van der Waals surface area contributed by atoms with Gasteiger partial charge in [-0.05, 0) is 53.9 Å². The third-order valence-electron chi connectivity index (χ3n) is 3.61. The van der Waals surface area contributed by atoms with Crippen LogP contribution in [0.25, 0.3) is 0 Å². The molecule has 1 heterocycles. The van der Waals surface area contributed by atoms with Gasteiger partial charge in [-0.1, -0.05) is 6.07 Å². The maximum Gasteiger partial charge on any atom is 0.416 e. The molecular formula is C17H13F3O3. The summed E-state index contributed by atoms with van der Waals surface area (Å²) in [6, 6.07) is 9.20. The number of rotatable bonds is 2. The van der Waals surface area contributed by atoms with E-state index in [-0.39, 0.29) is 5.75 Å². The first-order chi connectivity index (χ1) is 10.9. The van der Waals surface area contributed by atoms with Crippen LogP contribution in [0, 0.1) is 0 Å². The van der Waals surface area contributed by atoms with Crippen molar-refractivity contribution in [3.8, 4) is 5.75 Å². The summed E-state index contributed by atoms with van der Waals surface area (Å²) in [7, 11) is 0. The number of hydrogen-bond donors (Lipinski definition) is 0. The zero-order valence-electron chi connectivity index (χ0n) is 12.0. The second kappa shape index (κ2) is 6.04. The van der Waals surface area contributed by atoms with Gasteiger partial charge in [0.15, 0.2) is 0 Å². The minimum Gasteiger partial charge on any atom is -0.423 e. The Morgan fingerprint density at radius 1 is 1.04 bits per heavy atom. The van der Waals surface area contributed by atoms with Crippen molar-refractivity contribution < 1.29 is 27.4 Å². The van der Waals surface area contributed by atoms with E-state index in [1.165, 1.54) is 0 Å². The molecule has 0 bridgehead atoms. The lowest BCUT2D eigenvalue weighted by atomic mass is 10.0. The number of fused-ring (bicyclic) bond motifs is 1. The van der Waals surface area contributed by atoms with E-state index in [1.807, 2.05) is 6.07 Å².